The van der Waals surface area contributed by atoms with Gasteiger partial charge in [0.1, 0.15) is 0 Å². The van der Waals surface area contributed by atoms with Crippen molar-refractivity contribution in [1.82, 2.24) is 15.2 Å². The van der Waals surface area contributed by atoms with Gasteiger partial charge in [-0.05, 0) is 72.2 Å². The molecule has 4 nitrogen and oxygen atoms in total. The van der Waals surface area contributed by atoms with Crippen LogP contribution in [0.15, 0.2) is 60.8 Å². The third kappa shape index (κ3) is 4.70. The summed E-state index contributed by atoms with van der Waals surface area (Å²) in [5.41, 5.74) is 5.10. The molecule has 144 valence electrons. The van der Waals surface area contributed by atoms with Crippen molar-refractivity contribution in [3.05, 3.63) is 77.5 Å². The molecule has 0 radical (unpaired) electrons. The molecule has 0 fully saturated rings. The molecule has 2 N–H and O–H groups in total. The zero-order valence-corrected chi connectivity index (χ0v) is 16.2. The minimum Gasteiger partial charge on any atom is -0.361 e. The number of benzene rings is 2. The van der Waals surface area contributed by atoms with Crippen LogP contribution < -0.4 is 5.32 Å². The van der Waals surface area contributed by atoms with E-state index in [2.05, 4.69) is 45.5 Å². The van der Waals surface area contributed by atoms with Gasteiger partial charge < -0.3 is 10.3 Å². The average Bonchev–Trinajstić information content (AvgIpc) is 3.20. The van der Waals surface area contributed by atoms with Gasteiger partial charge in [-0.2, -0.15) is 0 Å². The number of aromatic nitrogens is 1. The average molecular weight is 374 g/mol. The van der Waals surface area contributed by atoms with E-state index < -0.39 is 0 Å². The lowest BCUT2D eigenvalue weighted by atomic mass is 10.00. The van der Waals surface area contributed by atoms with E-state index >= 15 is 0 Å². The molecule has 1 aromatic heterocycles. The van der Waals surface area contributed by atoms with Crippen molar-refractivity contribution in [2.24, 2.45) is 0 Å². The maximum Gasteiger partial charge on any atom is 0.243 e. The Hall–Kier alpha value is -2.85. The van der Waals surface area contributed by atoms with E-state index in [-0.39, 0.29) is 5.91 Å². The number of unbranched alkanes of at least 4 members (excludes halogenated alkanes) is 1. The molecule has 1 aliphatic heterocycles. The number of rotatable bonds is 7. The Morgan fingerprint density at radius 1 is 1.11 bits per heavy atom. The Balaban J connectivity index is 1.15. The van der Waals surface area contributed by atoms with Gasteiger partial charge in [0.05, 0.1) is 0 Å². The number of amides is 1. The number of aromatic amines is 1. The van der Waals surface area contributed by atoms with Crippen LogP contribution in [0.4, 0.5) is 0 Å². The highest BCUT2D eigenvalue weighted by molar-refractivity contribution is 5.92. The summed E-state index contributed by atoms with van der Waals surface area (Å²) < 4.78 is 0. The SMILES string of the molecule is O=C(C=Cc1ccc2[nH]ccc2c1)NCCCCN1CCc2ccccc2C1. The van der Waals surface area contributed by atoms with E-state index in [1.54, 1.807) is 6.08 Å². The molecule has 4 rings (SSSR count). The number of H-pyrrole nitrogens is 1. The summed E-state index contributed by atoms with van der Waals surface area (Å²) in [6.45, 7) is 4.01. The van der Waals surface area contributed by atoms with Crippen molar-refractivity contribution in [2.45, 2.75) is 25.8 Å². The summed E-state index contributed by atoms with van der Waals surface area (Å²) in [4.78, 5) is 17.7. The molecule has 2 aromatic carbocycles. The standard InChI is InChI=1S/C24H27N3O/c28-24(10-8-19-7-9-23-21(17-19)11-14-25-23)26-13-3-4-15-27-16-12-20-5-1-2-6-22(20)18-27/h1-2,5-11,14,17,25H,3-4,12-13,15-16,18H2,(H,26,28). The first-order chi connectivity index (χ1) is 13.8. The Morgan fingerprint density at radius 2 is 2.00 bits per heavy atom. The maximum absolute atomic E-state index is 12.0. The molecule has 0 unspecified atom stereocenters. The lowest BCUT2D eigenvalue weighted by Crippen LogP contribution is -2.31. The number of nitrogens with zero attached hydrogens (tertiary/aromatic N) is 1. The summed E-state index contributed by atoms with van der Waals surface area (Å²) >= 11 is 0. The Bertz CT molecular complexity index is 973. The minimum absolute atomic E-state index is 0.0268. The van der Waals surface area contributed by atoms with Crippen molar-refractivity contribution >= 4 is 22.9 Å². The second-order valence-electron chi connectivity index (χ2n) is 7.45. The predicted molar refractivity (Wildman–Crippen MR) is 115 cm³/mol. The number of hydrogen-bond donors (Lipinski definition) is 2. The van der Waals surface area contributed by atoms with Crippen LogP contribution in [0.1, 0.15) is 29.5 Å². The first-order valence-corrected chi connectivity index (χ1v) is 10.1. The third-order valence-electron chi connectivity index (χ3n) is 5.41. The van der Waals surface area contributed by atoms with Crippen LogP contribution in [-0.4, -0.2) is 35.4 Å². The van der Waals surface area contributed by atoms with Crippen molar-refractivity contribution in [3.8, 4) is 0 Å². The molecule has 2 heterocycles. The van der Waals surface area contributed by atoms with Gasteiger partial charge in [0, 0.05) is 37.4 Å². The minimum atomic E-state index is -0.0268. The molecule has 28 heavy (non-hydrogen) atoms. The van der Waals surface area contributed by atoms with Crippen molar-refractivity contribution < 1.29 is 4.79 Å². The van der Waals surface area contributed by atoms with E-state index in [0.717, 1.165) is 61.9 Å². The molecule has 0 bridgehead atoms. The first kappa shape index (κ1) is 18.5. The van der Waals surface area contributed by atoms with Gasteiger partial charge in [-0.25, -0.2) is 0 Å². The molecule has 0 atom stereocenters. The van der Waals surface area contributed by atoms with Crippen LogP contribution in [0.2, 0.25) is 0 Å². The predicted octanol–water partition coefficient (Wildman–Crippen LogP) is 4.14. The summed E-state index contributed by atoms with van der Waals surface area (Å²) in [5, 5.41) is 4.14. The van der Waals surface area contributed by atoms with Gasteiger partial charge in [0.15, 0.2) is 0 Å². The molecule has 0 saturated heterocycles. The fourth-order valence-electron chi connectivity index (χ4n) is 3.82. The van der Waals surface area contributed by atoms with Gasteiger partial charge >= 0.3 is 0 Å². The van der Waals surface area contributed by atoms with Gasteiger partial charge in [-0.3, -0.25) is 9.69 Å². The number of hydrogen-bond acceptors (Lipinski definition) is 2. The molecular weight excluding hydrogens is 346 g/mol. The normalized spacial score (nSPS) is 14.4. The van der Waals surface area contributed by atoms with E-state index in [9.17, 15) is 4.79 Å². The summed E-state index contributed by atoms with van der Waals surface area (Å²) in [5.74, 6) is -0.0268. The summed E-state index contributed by atoms with van der Waals surface area (Å²) in [7, 11) is 0. The zero-order chi connectivity index (χ0) is 19.2. The fourth-order valence-corrected chi connectivity index (χ4v) is 3.82. The molecule has 0 spiro atoms. The Labute approximate surface area is 166 Å². The Morgan fingerprint density at radius 3 is 2.93 bits per heavy atom. The Kier molecular flexibility index (Phi) is 5.88. The van der Waals surface area contributed by atoms with E-state index in [4.69, 9.17) is 0 Å². The lowest BCUT2D eigenvalue weighted by molar-refractivity contribution is -0.116. The quantitative estimate of drug-likeness (QED) is 0.483. The first-order valence-electron chi connectivity index (χ1n) is 10.1. The number of fused-ring (bicyclic) bond motifs is 2. The fraction of sp³-hybridized carbons (Fsp3) is 0.292. The molecule has 3 aromatic rings. The van der Waals surface area contributed by atoms with Crippen LogP contribution in [0.25, 0.3) is 17.0 Å². The lowest BCUT2D eigenvalue weighted by Gasteiger charge is -2.28. The zero-order valence-electron chi connectivity index (χ0n) is 16.2. The molecule has 1 aliphatic rings. The van der Waals surface area contributed by atoms with Crippen LogP contribution in [-0.2, 0) is 17.8 Å². The van der Waals surface area contributed by atoms with Crippen LogP contribution in [0.3, 0.4) is 0 Å². The molecule has 0 saturated carbocycles. The second kappa shape index (κ2) is 8.89. The van der Waals surface area contributed by atoms with Crippen molar-refractivity contribution in [2.75, 3.05) is 19.6 Å². The summed E-state index contributed by atoms with van der Waals surface area (Å²) in [6, 6.07) is 16.9. The highest BCUT2D eigenvalue weighted by Crippen LogP contribution is 2.18. The van der Waals surface area contributed by atoms with Crippen LogP contribution in [0.5, 0.6) is 0 Å². The number of carbonyl (C=O) groups is 1. The van der Waals surface area contributed by atoms with Gasteiger partial charge in [-0.1, -0.05) is 30.3 Å². The second-order valence-corrected chi connectivity index (χ2v) is 7.45. The van der Waals surface area contributed by atoms with Crippen molar-refractivity contribution in [1.29, 1.82) is 0 Å². The van der Waals surface area contributed by atoms with E-state index in [1.807, 2.05) is 30.5 Å². The maximum atomic E-state index is 12.0. The highest BCUT2D eigenvalue weighted by Gasteiger charge is 2.14. The van der Waals surface area contributed by atoms with Gasteiger partial charge in [0.2, 0.25) is 5.91 Å². The topological polar surface area (TPSA) is 48.1 Å². The monoisotopic (exact) mass is 373 g/mol. The largest absolute Gasteiger partial charge is 0.361 e. The molecule has 0 aliphatic carbocycles. The third-order valence-corrected chi connectivity index (χ3v) is 5.41. The number of carbonyl (C=O) groups excluding carboxylic acids is 1. The molecule has 1 amide bonds. The highest BCUT2D eigenvalue weighted by atomic mass is 16.1. The number of nitrogens with one attached hydrogen (secondary N) is 2. The van der Waals surface area contributed by atoms with Crippen LogP contribution >= 0.6 is 0 Å². The van der Waals surface area contributed by atoms with Crippen LogP contribution in [0, 0.1) is 0 Å². The smallest absolute Gasteiger partial charge is 0.243 e. The molecule has 4 heteroatoms. The van der Waals surface area contributed by atoms with E-state index in [0.29, 0.717) is 0 Å². The van der Waals surface area contributed by atoms with Crippen molar-refractivity contribution in [3.63, 3.8) is 0 Å². The summed E-state index contributed by atoms with van der Waals surface area (Å²) in [6.07, 6.45) is 8.67. The van der Waals surface area contributed by atoms with Gasteiger partial charge in [0.25, 0.3) is 0 Å². The van der Waals surface area contributed by atoms with E-state index in [1.165, 1.54) is 11.1 Å². The molecular formula is C24H27N3O. The van der Waals surface area contributed by atoms with Gasteiger partial charge in [-0.15, -0.1) is 0 Å².